The van der Waals surface area contributed by atoms with Crippen molar-refractivity contribution in [2.24, 2.45) is 5.73 Å². The minimum Gasteiger partial charge on any atom is -0.550 e. The molecular weight excluding hydrogens is 454 g/mol. The predicted octanol–water partition coefficient (Wildman–Crippen LogP) is -8.39. The van der Waals surface area contributed by atoms with Crippen molar-refractivity contribution in [3.63, 3.8) is 0 Å². The van der Waals surface area contributed by atoms with Crippen LogP contribution in [0.4, 0.5) is 0 Å². The van der Waals surface area contributed by atoms with E-state index in [1.165, 1.54) is 0 Å². The minimum absolute atomic E-state index is 0. The molecule has 0 saturated heterocycles. The van der Waals surface area contributed by atoms with E-state index in [-0.39, 0.29) is 42.5 Å². The Kier molecular flexibility index (Phi) is 19.3. The molecule has 0 bridgehead atoms. The third-order valence-corrected chi connectivity index (χ3v) is 3.73. The number of carboxylic acids is 5. The van der Waals surface area contributed by atoms with Gasteiger partial charge in [-0.05, 0) is 0 Å². The molecule has 0 heterocycles. The summed E-state index contributed by atoms with van der Waals surface area (Å²) in [6.07, 6.45) is -3.47. The predicted molar refractivity (Wildman–Crippen MR) is 86.0 cm³/mol. The summed E-state index contributed by atoms with van der Waals surface area (Å²) in [6, 6.07) is -1.60. The van der Waals surface area contributed by atoms with Crippen molar-refractivity contribution >= 4 is 29.8 Å². The van der Waals surface area contributed by atoms with Crippen LogP contribution in [-0.4, -0.2) is 72.5 Å². The van der Waals surface area contributed by atoms with Gasteiger partial charge in [0.2, 0.25) is 0 Å². The molecule has 0 aromatic heterocycles. The summed E-state index contributed by atoms with van der Waals surface area (Å²) in [4.78, 5) is 56.0. The fourth-order valence-electron chi connectivity index (χ4n) is 2.81. The topological polar surface area (TPSA) is 315 Å². The molecule has 0 amide bonds. The third kappa shape index (κ3) is 12.3. The first-order valence-corrected chi connectivity index (χ1v) is 7.62. The van der Waals surface area contributed by atoms with Gasteiger partial charge < -0.3 is 72.9 Å². The SMILES string of the molecule is NCCNC(CC(=O)[O-])C(CC(=O)[O-])(CC(=O)[O-])N(CC(=O)[O-])CC(=O)[O-].[Fe+3].[NH4+].[NH4+]. The summed E-state index contributed by atoms with van der Waals surface area (Å²) in [5.74, 6) is -9.27. The Morgan fingerprint density at radius 3 is 1.47 bits per heavy atom. The maximum Gasteiger partial charge on any atom is 3.00 e. The Morgan fingerprint density at radius 1 is 0.800 bits per heavy atom. The Balaban J connectivity index is -0.00000113. The normalized spacial score (nSPS) is 11.3. The summed E-state index contributed by atoms with van der Waals surface area (Å²) in [6.45, 7) is -2.69. The fourth-order valence-corrected chi connectivity index (χ4v) is 2.81. The van der Waals surface area contributed by atoms with Crippen LogP contribution >= 0.6 is 0 Å². The molecule has 1 atom stereocenters. The van der Waals surface area contributed by atoms with Crippen molar-refractivity contribution in [1.82, 2.24) is 22.5 Å². The molecule has 0 aliphatic rings. The molecule has 0 aliphatic carbocycles. The van der Waals surface area contributed by atoms with Gasteiger partial charge in [0.05, 0.1) is 11.9 Å². The van der Waals surface area contributed by atoms with E-state index in [1.807, 2.05) is 0 Å². The number of rotatable bonds is 15. The quantitative estimate of drug-likeness (QED) is 0.158. The molecule has 0 aromatic rings. The number of nitrogens with two attached hydrogens (primary N) is 1. The summed E-state index contributed by atoms with van der Waals surface area (Å²) < 4.78 is 0. The van der Waals surface area contributed by atoms with Gasteiger partial charge in [0.25, 0.3) is 0 Å². The van der Waals surface area contributed by atoms with Crippen LogP contribution in [0.3, 0.4) is 0 Å². The molecular formula is C14H26FeN5O10. The maximum atomic E-state index is 11.2. The first kappa shape index (κ1) is 35.1. The van der Waals surface area contributed by atoms with Gasteiger partial charge in [0.15, 0.2) is 0 Å². The van der Waals surface area contributed by atoms with Gasteiger partial charge in [-0.3, -0.25) is 4.90 Å². The summed E-state index contributed by atoms with van der Waals surface area (Å²) in [5.41, 5.74) is 2.89. The molecule has 15 nitrogen and oxygen atoms in total. The van der Waals surface area contributed by atoms with Crippen LogP contribution in [-0.2, 0) is 41.0 Å². The number of carboxylic acid groups (broad SMARTS) is 5. The van der Waals surface area contributed by atoms with Crippen molar-refractivity contribution in [3.8, 4) is 0 Å². The molecule has 16 heteroatoms. The molecule has 0 rings (SSSR count). The Labute approximate surface area is 182 Å². The number of nitrogens with one attached hydrogen (secondary N) is 1. The zero-order valence-corrected chi connectivity index (χ0v) is 17.6. The standard InChI is InChI=1S/C14H23N3O10.Fe.2H3N/c15-1-2-16-8(3-9(18)19)14(4-10(20)21,5-11(22)23)17(6-12(24)25)7-13(26)27;;;/h8,16H,1-7,15H2,(H,18,19)(H,20,21)(H,22,23)(H,24,25)(H,26,27);;2*1H3/q;+3;;/p-3. The van der Waals surface area contributed by atoms with Gasteiger partial charge in [-0.2, -0.15) is 0 Å². The van der Waals surface area contributed by atoms with Crippen molar-refractivity contribution in [2.45, 2.75) is 30.8 Å². The zero-order valence-electron chi connectivity index (χ0n) is 16.5. The summed E-state index contributed by atoms with van der Waals surface area (Å²) in [5, 5.41) is 58.1. The van der Waals surface area contributed by atoms with E-state index in [2.05, 4.69) is 5.32 Å². The maximum absolute atomic E-state index is 11.2. The second-order valence-corrected chi connectivity index (χ2v) is 5.67. The van der Waals surface area contributed by atoms with Gasteiger partial charge in [0.1, 0.15) is 0 Å². The number of hydrogen-bond donors (Lipinski definition) is 4. The van der Waals surface area contributed by atoms with E-state index < -0.39 is 73.8 Å². The smallest absolute Gasteiger partial charge is 0.550 e. The van der Waals surface area contributed by atoms with E-state index in [0.29, 0.717) is 4.90 Å². The Hall–Kier alpha value is -2.33. The van der Waals surface area contributed by atoms with E-state index in [1.54, 1.807) is 0 Å². The molecule has 1 radical (unpaired) electrons. The van der Waals surface area contributed by atoms with Gasteiger partial charge in [-0.1, -0.05) is 0 Å². The van der Waals surface area contributed by atoms with Crippen molar-refractivity contribution in [3.05, 3.63) is 0 Å². The number of carbonyl (C=O) groups excluding carboxylic acids is 5. The number of aliphatic carboxylic acids is 5. The van der Waals surface area contributed by atoms with Crippen molar-refractivity contribution < 1.29 is 66.6 Å². The van der Waals surface area contributed by atoms with Gasteiger partial charge in [-0.25, -0.2) is 0 Å². The van der Waals surface area contributed by atoms with Crippen LogP contribution < -0.4 is 48.9 Å². The van der Waals surface area contributed by atoms with E-state index in [4.69, 9.17) is 5.73 Å². The van der Waals surface area contributed by atoms with Gasteiger partial charge in [-0.15, -0.1) is 0 Å². The second kappa shape index (κ2) is 16.5. The van der Waals surface area contributed by atoms with Crippen LogP contribution in [0, 0.1) is 0 Å². The van der Waals surface area contributed by atoms with Gasteiger partial charge >= 0.3 is 17.1 Å². The average molecular weight is 480 g/mol. The molecule has 0 saturated carbocycles. The minimum atomic E-state index is -2.40. The Bertz CT molecular complexity index is 559. The average Bonchev–Trinajstić information content (AvgIpc) is 2.47. The monoisotopic (exact) mass is 480 g/mol. The molecule has 30 heavy (non-hydrogen) atoms. The summed E-state index contributed by atoms with van der Waals surface area (Å²) >= 11 is 0. The van der Waals surface area contributed by atoms with Crippen molar-refractivity contribution in [1.29, 1.82) is 0 Å². The number of hydrogen-bond acceptors (Lipinski definition) is 13. The first-order chi connectivity index (χ1) is 12.4. The number of quaternary nitrogens is 2. The molecule has 1 unspecified atom stereocenters. The van der Waals surface area contributed by atoms with Gasteiger partial charge in [0, 0.05) is 74.9 Å². The first-order valence-electron chi connectivity index (χ1n) is 7.62. The zero-order chi connectivity index (χ0) is 21.2. The number of nitrogens with zero attached hydrogens (tertiary/aromatic N) is 1. The summed E-state index contributed by atoms with van der Waals surface area (Å²) in [7, 11) is 0. The third-order valence-electron chi connectivity index (χ3n) is 3.73. The number of carbonyl (C=O) groups is 5. The van der Waals surface area contributed by atoms with Crippen LogP contribution in [0.2, 0.25) is 0 Å². The van der Waals surface area contributed by atoms with Crippen molar-refractivity contribution in [2.75, 3.05) is 26.2 Å². The van der Waals surface area contributed by atoms with Crippen LogP contribution in [0.1, 0.15) is 19.3 Å². The van der Waals surface area contributed by atoms with E-state index >= 15 is 0 Å². The fraction of sp³-hybridized carbons (Fsp3) is 0.643. The molecule has 0 spiro atoms. The van der Waals surface area contributed by atoms with Crippen LogP contribution in [0.5, 0.6) is 0 Å². The van der Waals surface area contributed by atoms with E-state index in [0.717, 1.165) is 0 Å². The van der Waals surface area contributed by atoms with Crippen LogP contribution in [0.15, 0.2) is 0 Å². The molecule has 11 N–H and O–H groups in total. The van der Waals surface area contributed by atoms with Crippen LogP contribution in [0.25, 0.3) is 0 Å². The largest absolute Gasteiger partial charge is 3.00 e. The molecule has 0 aromatic carbocycles. The molecule has 0 aliphatic heterocycles. The second-order valence-electron chi connectivity index (χ2n) is 5.67. The molecule has 0 fully saturated rings. The molecule has 175 valence electrons. The van der Waals surface area contributed by atoms with E-state index in [9.17, 15) is 49.5 Å². The Morgan fingerprint density at radius 2 is 1.20 bits per heavy atom.